The summed E-state index contributed by atoms with van der Waals surface area (Å²) in [5.74, 6) is 2.80. The summed E-state index contributed by atoms with van der Waals surface area (Å²) in [6, 6.07) is 7.87. The quantitative estimate of drug-likeness (QED) is 0.289. The number of benzene rings is 1. The number of guanidine groups is 1. The Morgan fingerprint density at radius 2 is 1.91 bits per heavy atom. The van der Waals surface area contributed by atoms with Gasteiger partial charge in [-0.25, -0.2) is 4.99 Å². The van der Waals surface area contributed by atoms with Crippen LogP contribution in [0, 0.1) is 5.92 Å². The van der Waals surface area contributed by atoms with E-state index in [1.54, 1.807) is 7.11 Å². The molecule has 32 heavy (non-hydrogen) atoms. The van der Waals surface area contributed by atoms with E-state index >= 15 is 0 Å². The van der Waals surface area contributed by atoms with Crippen molar-refractivity contribution in [1.82, 2.24) is 15.5 Å². The Morgan fingerprint density at radius 3 is 2.59 bits per heavy atom. The Labute approximate surface area is 209 Å². The third-order valence-corrected chi connectivity index (χ3v) is 6.04. The number of hydrogen-bond acceptors (Lipinski definition) is 4. The molecule has 3 rings (SSSR count). The third-order valence-electron chi connectivity index (χ3n) is 6.04. The van der Waals surface area contributed by atoms with Gasteiger partial charge in [0.15, 0.2) is 17.5 Å². The van der Waals surface area contributed by atoms with Gasteiger partial charge in [-0.15, -0.1) is 24.0 Å². The standard InChI is InChI=1S/C24H38N4O3.HI/c1-4-25-24(26-16-18(2)31-22-13-9-8-12-21(22)30-3)27-20-14-15-28(17-20)23(29)19-10-6-5-7-11-19;/h8-9,12-13,18-20H,4-7,10-11,14-17H2,1-3H3,(H2,25,26,27);1H. The van der Waals surface area contributed by atoms with E-state index in [4.69, 9.17) is 14.5 Å². The van der Waals surface area contributed by atoms with Crippen LogP contribution in [0.15, 0.2) is 29.3 Å². The molecule has 0 bridgehead atoms. The van der Waals surface area contributed by atoms with Crippen LogP contribution in [0.25, 0.3) is 0 Å². The fraction of sp³-hybridized carbons (Fsp3) is 0.667. The van der Waals surface area contributed by atoms with Gasteiger partial charge in [-0.2, -0.15) is 0 Å². The number of halogens is 1. The molecule has 1 aliphatic heterocycles. The number of carbonyl (C=O) groups excluding carboxylic acids is 1. The van der Waals surface area contributed by atoms with E-state index in [1.807, 2.05) is 36.1 Å². The highest BCUT2D eigenvalue weighted by Gasteiger charge is 2.31. The molecule has 1 heterocycles. The first-order valence-electron chi connectivity index (χ1n) is 11.7. The van der Waals surface area contributed by atoms with Crippen LogP contribution < -0.4 is 20.1 Å². The summed E-state index contributed by atoms with van der Waals surface area (Å²) in [5, 5.41) is 6.83. The molecule has 8 heteroatoms. The zero-order chi connectivity index (χ0) is 22.1. The van der Waals surface area contributed by atoms with Crippen LogP contribution in [0.2, 0.25) is 0 Å². The predicted octanol–water partition coefficient (Wildman–Crippen LogP) is 3.82. The zero-order valence-corrected chi connectivity index (χ0v) is 22.0. The molecule has 2 N–H and O–H groups in total. The zero-order valence-electron chi connectivity index (χ0n) is 19.6. The van der Waals surface area contributed by atoms with E-state index in [0.29, 0.717) is 12.5 Å². The molecule has 2 unspecified atom stereocenters. The average Bonchev–Trinajstić information content (AvgIpc) is 3.26. The maximum Gasteiger partial charge on any atom is 0.225 e. The summed E-state index contributed by atoms with van der Waals surface area (Å²) in [7, 11) is 1.64. The van der Waals surface area contributed by atoms with Gasteiger partial charge in [0.05, 0.1) is 13.7 Å². The number of rotatable bonds is 8. The van der Waals surface area contributed by atoms with E-state index in [2.05, 4.69) is 17.6 Å². The lowest BCUT2D eigenvalue weighted by molar-refractivity contribution is -0.135. The first-order chi connectivity index (χ1) is 15.1. The molecular weight excluding hydrogens is 519 g/mol. The molecule has 1 amide bonds. The molecule has 0 radical (unpaired) electrons. The molecule has 2 atom stereocenters. The highest BCUT2D eigenvalue weighted by molar-refractivity contribution is 14.0. The van der Waals surface area contributed by atoms with E-state index in [0.717, 1.165) is 56.4 Å². The smallest absolute Gasteiger partial charge is 0.225 e. The normalized spacial score (nSPS) is 20.3. The second kappa shape index (κ2) is 13.7. The molecule has 0 aromatic heterocycles. The number of nitrogens with one attached hydrogen (secondary N) is 2. The second-order valence-electron chi connectivity index (χ2n) is 8.55. The molecule has 180 valence electrons. The van der Waals surface area contributed by atoms with Crippen LogP contribution in [0.5, 0.6) is 11.5 Å². The SMILES string of the molecule is CCNC(=NCC(C)Oc1ccccc1OC)NC1CCN(C(=O)C2CCCCC2)C1.I. The maximum atomic E-state index is 12.8. The highest BCUT2D eigenvalue weighted by atomic mass is 127. The van der Waals surface area contributed by atoms with Gasteiger partial charge in [0, 0.05) is 31.6 Å². The molecule has 7 nitrogen and oxygen atoms in total. The van der Waals surface area contributed by atoms with Gasteiger partial charge < -0.3 is 25.0 Å². The van der Waals surface area contributed by atoms with Crippen LogP contribution in [0.1, 0.15) is 52.4 Å². The summed E-state index contributed by atoms with van der Waals surface area (Å²) in [6.07, 6.45) is 6.63. The van der Waals surface area contributed by atoms with Gasteiger partial charge in [0.2, 0.25) is 5.91 Å². The third kappa shape index (κ3) is 7.71. The van der Waals surface area contributed by atoms with Crippen molar-refractivity contribution in [3.63, 3.8) is 0 Å². The van der Waals surface area contributed by atoms with Gasteiger partial charge in [-0.05, 0) is 45.2 Å². The van der Waals surface area contributed by atoms with Gasteiger partial charge in [-0.3, -0.25) is 4.79 Å². The topological polar surface area (TPSA) is 75.2 Å². The summed E-state index contributed by atoms with van der Waals surface area (Å²) in [6.45, 7) is 6.95. The van der Waals surface area contributed by atoms with Crippen molar-refractivity contribution >= 4 is 35.8 Å². The molecule has 1 aromatic carbocycles. The van der Waals surface area contributed by atoms with Crippen LogP contribution in [-0.4, -0.2) is 62.2 Å². The lowest BCUT2D eigenvalue weighted by Gasteiger charge is -2.26. The first-order valence-corrected chi connectivity index (χ1v) is 11.7. The van der Waals surface area contributed by atoms with Gasteiger partial charge in [0.1, 0.15) is 6.10 Å². The van der Waals surface area contributed by atoms with E-state index in [1.165, 1.54) is 19.3 Å². The second-order valence-corrected chi connectivity index (χ2v) is 8.55. The summed E-state index contributed by atoms with van der Waals surface area (Å²) < 4.78 is 11.4. The Morgan fingerprint density at radius 1 is 1.19 bits per heavy atom. The number of ether oxygens (including phenoxy) is 2. The van der Waals surface area contributed by atoms with Gasteiger partial charge >= 0.3 is 0 Å². The summed E-state index contributed by atoms with van der Waals surface area (Å²) in [4.78, 5) is 19.6. The Hall–Kier alpha value is -1.71. The number of hydrogen-bond donors (Lipinski definition) is 2. The fourth-order valence-corrected chi connectivity index (χ4v) is 4.39. The minimum Gasteiger partial charge on any atom is -0.493 e. The Balaban J connectivity index is 0.00000363. The monoisotopic (exact) mass is 558 g/mol. The van der Waals surface area contributed by atoms with Crippen molar-refractivity contribution in [2.75, 3.05) is 33.3 Å². The van der Waals surface area contributed by atoms with Crippen molar-refractivity contribution in [3.05, 3.63) is 24.3 Å². The number of carbonyl (C=O) groups is 1. The average molecular weight is 559 g/mol. The van der Waals surface area contributed by atoms with Crippen molar-refractivity contribution in [2.24, 2.45) is 10.9 Å². The highest BCUT2D eigenvalue weighted by Crippen LogP contribution is 2.27. The summed E-state index contributed by atoms with van der Waals surface area (Å²) >= 11 is 0. The van der Waals surface area contributed by atoms with Gasteiger partial charge in [0.25, 0.3) is 0 Å². The molecule has 1 saturated carbocycles. The van der Waals surface area contributed by atoms with Crippen molar-refractivity contribution in [3.8, 4) is 11.5 Å². The first kappa shape index (κ1) is 26.5. The number of nitrogens with zero attached hydrogens (tertiary/aromatic N) is 2. The van der Waals surface area contributed by atoms with Crippen molar-refractivity contribution in [1.29, 1.82) is 0 Å². The van der Waals surface area contributed by atoms with Crippen molar-refractivity contribution in [2.45, 2.75) is 64.5 Å². The lowest BCUT2D eigenvalue weighted by Crippen LogP contribution is -2.46. The largest absolute Gasteiger partial charge is 0.493 e. The van der Waals surface area contributed by atoms with Crippen LogP contribution >= 0.6 is 24.0 Å². The van der Waals surface area contributed by atoms with E-state index in [9.17, 15) is 4.79 Å². The molecule has 1 aliphatic carbocycles. The molecular formula is C24H39IN4O3. The van der Waals surface area contributed by atoms with Gasteiger partial charge in [-0.1, -0.05) is 31.4 Å². The number of amides is 1. The fourth-order valence-electron chi connectivity index (χ4n) is 4.39. The molecule has 2 fully saturated rings. The van der Waals surface area contributed by atoms with E-state index in [-0.39, 0.29) is 42.0 Å². The Kier molecular flexibility index (Phi) is 11.4. The van der Waals surface area contributed by atoms with E-state index < -0.39 is 0 Å². The number of methoxy groups -OCH3 is 1. The lowest BCUT2D eigenvalue weighted by atomic mass is 9.88. The van der Waals surface area contributed by atoms with Crippen LogP contribution in [0.3, 0.4) is 0 Å². The molecule has 1 saturated heterocycles. The minimum absolute atomic E-state index is 0. The van der Waals surface area contributed by atoms with Crippen LogP contribution in [0.4, 0.5) is 0 Å². The predicted molar refractivity (Wildman–Crippen MR) is 139 cm³/mol. The molecule has 0 spiro atoms. The summed E-state index contributed by atoms with van der Waals surface area (Å²) in [5.41, 5.74) is 0. The maximum absolute atomic E-state index is 12.8. The minimum atomic E-state index is -0.0975. The number of likely N-dealkylation sites (tertiary alicyclic amines) is 1. The number of aliphatic imine (C=N–C) groups is 1. The molecule has 2 aliphatic rings. The molecule has 1 aromatic rings. The van der Waals surface area contributed by atoms with Crippen molar-refractivity contribution < 1.29 is 14.3 Å². The Bertz CT molecular complexity index is 740. The van der Waals surface area contributed by atoms with Crippen LogP contribution in [-0.2, 0) is 4.79 Å². The number of para-hydroxylation sites is 2.